The van der Waals surface area contributed by atoms with E-state index in [0.717, 1.165) is 28.2 Å². The molecule has 0 N–H and O–H groups in total. The zero-order chi connectivity index (χ0) is 21.1. The summed E-state index contributed by atoms with van der Waals surface area (Å²) >= 11 is 1.42. The average Bonchev–Trinajstić information content (AvgIpc) is 3.12. The molecule has 7 nitrogen and oxygen atoms in total. The Hall–Kier alpha value is -2.61. The first-order chi connectivity index (χ1) is 13.9. The molecular weight excluding hydrogens is 392 g/mol. The number of aromatic nitrogens is 1. The van der Waals surface area contributed by atoms with Crippen LogP contribution in [0.5, 0.6) is 11.5 Å². The molecule has 2 heterocycles. The summed E-state index contributed by atoms with van der Waals surface area (Å²) in [5, 5.41) is 0.930. The van der Waals surface area contributed by atoms with Crippen molar-refractivity contribution >= 4 is 23.2 Å². The Morgan fingerprint density at radius 3 is 2.48 bits per heavy atom. The van der Waals surface area contributed by atoms with Gasteiger partial charge in [0.15, 0.2) is 11.5 Å². The van der Waals surface area contributed by atoms with E-state index in [1.165, 1.54) is 18.4 Å². The van der Waals surface area contributed by atoms with E-state index in [4.69, 9.17) is 14.2 Å². The van der Waals surface area contributed by atoms with Crippen LogP contribution in [0.15, 0.2) is 12.1 Å². The first-order valence-electron chi connectivity index (χ1n) is 9.52. The first-order valence-corrected chi connectivity index (χ1v) is 10.3. The number of hydrogen-bond donors (Lipinski definition) is 0. The van der Waals surface area contributed by atoms with Gasteiger partial charge in [0.2, 0.25) is 0 Å². The highest BCUT2D eigenvalue weighted by Gasteiger charge is 2.35. The number of carbonyl (C=O) groups excluding carboxylic acids is 2. The summed E-state index contributed by atoms with van der Waals surface area (Å²) < 4.78 is 15.8. The van der Waals surface area contributed by atoms with Gasteiger partial charge in [-0.1, -0.05) is 6.92 Å². The van der Waals surface area contributed by atoms with Gasteiger partial charge in [0.05, 0.1) is 44.5 Å². The van der Waals surface area contributed by atoms with E-state index in [1.54, 1.807) is 19.1 Å². The lowest BCUT2D eigenvalue weighted by molar-refractivity contribution is -0.141. The summed E-state index contributed by atoms with van der Waals surface area (Å²) in [6.07, 6.45) is 1.52. The summed E-state index contributed by atoms with van der Waals surface area (Å²) in [6.45, 7) is 4.37. The number of benzene rings is 1. The molecule has 0 saturated carbocycles. The largest absolute Gasteiger partial charge is 0.493 e. The van der Waals surface area contributed by atoms with E-state index >= 15 is 0 Å². The van der Waals surface area contributed by atoms with Crippen molar-refractivity contribution in [1.29, 1.82) is 0 Å². The smallest absolute Gasteiger partial charge is 0.307 e. The number of nitrogens with zero attached hydrogens (tertiary/aromatic N) is 2. The van der Waals surface area contributed by atoms with Crippen molar-refractivity contribution in [2.45, 2.75) is 39.2 Å². The third-order valence-electron chi connectivity index (χ3n) is 5.19. The van der Waals surface area contributed by atoms with Gasteiger partial charge in [0.1, 0.15) is 4.88 Å². The Kier molecular flexibility index (Phi) is 6.42. The summed E-state index contributed by atoms with van der Waals surface area (Å²) in [4.78, 5) is 32.4. The second-order valence-electron chi connectivity index (χ2n) is 6.83. The molecule has 2 aromatic rings. The van der Waals surface area contributed by atoms with Crippen LogP contribution in [0.1, 0.15) is 50.9 Å². The number of amides is 1. The molecule has 3 rings (SSSR count). The van der Waals surface area contributed by atoms with Crippen molar-refractivity contribution in [3.8, 4) is 11.5 Å². The van der Waals surface area contributed by atoms with Gasteiger partial charge in [-0.3, -0.25) is 9.59 Å². The minimum atomic E-state index is -0.440. The molecule has 1 unspecified atom stereocenters. The number of esters is 1. The van der Waals surface area contributed by atoms with Gasteiger partial charge in [-0.05, 0) is 43.0 Å². The number of rotatable bonds is 6. The van der Waals surface area contributed by atoms with Gasteiger partial charge in [-0.25, -0.2) is 4.98 Å². The molecule has 0 fully saturated rings. The van der Waals surface area contributed by atoms with Gasteiger partial charge in [-0.15, -0.1) is 11.3 Å². The minimum Gasteiger partial charge on any atom is -0.493 e. The van der Waals surface area contributed by atoms with Gasteiger partial charge in [0.25, 0.3) is 5.91 Å². The van der Waals surface area contributed by atoms with Crippen molar-refractivity contribution in [2.24, 2.45) is 0 Å². The topological polar surface area (TPSA) is 78.0 Å². The van der Waals surface area contributed by atoms with E-state index < -0.39 is 6.04 Å². The third-order valence-corrected chi connectivity index (χ3v) is 6.48. The fourth-order valence-corrected chi connectivity index (χ4v) is 4.63. The third kappa shape index (κ3) is 4.07. The van der Waals surface area contributed by atoms with E-state index in [2.05, 4.69) is 4.98 Å². The Bertz CT molecular complexity index is 924. The zero-order valence-corrected chi connectivity index (χ0v) is 18.2. The van der Waals surface area contributed by atoms with E-state index in [-0.39, 0.29) is 18.3 Å². The average molecular weight is 419 g/mol. The number of ether oxygens (including phenoxy) is 3. The highest BCUT2D eigenvalue weighted by Crippen LogP contribution is 2.40. The highest BCUT2D eigenvalue weighted by atomic mass is 32.1. The van der Waals surface area contributed by atoms with Crippen LogP contribution in [0, 0.1) is 6.92 Å². The highest BCUT2D eigenvalue weighted by molar-refractivity contribution is 7.13. The quantitative estimate of drug-likeness (QED) is 0.670. The second kappa shape index (κ2) is 8.82. The molecule has 156 valence electrons. The Balaban J connectivity index is 2.04. The van der Waals surface area contributed by atoms with Gasteiger partial charge >= 0.3 is 5.97 Å². The number of fused-ring (bicyclic) bond motifs is 1. The van der Waals surface area contributed by atoms with E-state index in [0.29, 0.717) is 29.3 Å². The maximum Gasteiger partial charge on any atom is 0.307 e. The van der Waals surface area contributed by atoms with Crippen molar-refractivity contribution in [1.82, 2.24) is 9.88 Å². The molecule has 0 bridgehead atoms. The number of methoxy groups -OCH3 is 3. The van der Waals surface area contributed by atoms with Crippen LogP contribution >= 0.6 is 11.3 Å². The molecular formula is C21H26N2O5S. The summed E-state index contributed by atoms with van der Waals surface area (Å²) in [6, 6.07) is 3.34. The van der Waals surface area contributed by atoms with E-state index in [1.807, 2.05) is 26.0 Å². The number of hydrogen-bond acceptors (Lipinski definition) is 7. The van der Waals surface area contributed by atoms with Crippen LogP contribution in [-0.4, -0.2) is 49.6 Å². The van der Waals surface area contributed by atoms with Crippen LogP contribution in [-0.2, 0) is 22.4 Å². The predicted octanol–water partition coefficient (Wildman–Crippen LogP) is 3.33. The molecule has 0 spiro atoms. The Labute approximate surface area is 174 Å². The van der Waals surface area contributed by atoms with Gasteiger partial charge in [-0.2, -0.15) is 0 Å². The predicted molar refractivity (Wildman–Crippen MR) is 110 cm³/mol. The maximum absolute atomic E-state index is 13.4. The maximum atomic E-state index is 13.4. The van der Waals surface area contributed by atoms with Crippen molar-refractivity contribution in [3.05, 3.63) is 38.8 Å². The number of thiazole rings is 1. The Morgan fingerprint density at radius 2 is 1.90 bits per heavy atom. The molecule has 0 radical (unpaired) electrons. The fourth-order valence-electron chi connectivity index (χ4n) is 3.66. The summed E-state index contributed by atoms with van der Waals surface area (Å²) in [5.74, 6) is 0.728. The van der Waals surface area contributed by atoms with Crippen LogP contribution in [0.4, 0.5) is 0 Å². The van der Waals surface area contributed by atoms with Gasteiger partial charge in [0, 0.05) is 6.54 Å². The molecule has 1 aliphatic heterocycles. The van der Waals surface area contributed by atoms with Crippen molar-refractivity contribution in [3.63, 3.8) is 0 Å². The monoisotopic (exact) mass is 418 g/mol. The lowest BCUT2D eigenvalue weighted by Crippen LogP contribution is -2.41. The SMILES string of the molecule is CCc1nc(C)c(C(=O)N2CCc3cc(OC)c(OC)cc3C2CC(=O)OC)s1. The molecule has 1 aliphatic rings. The molecule has 1 aromatic heterocycles. The van der Waals surface area contributed by atoms with Gasteiger partial charge < -0.3 is 19.1 Å². The van der Waals surface area contributed by atoms with E-state index in [9.17, 15) is 9.59 Å². The van der Waals surface area contributed by atoms with Crippen LogP contribution in [0.3, 0.4) is 0 Å². The molecule has 1 amide bonds. The van der Waals surface area contributed by atoms with Crippen molar-refractivity contribution in [2.75, 3.05) is 27.9 Å². The second-order valence-corrected chi connectivity index (χ2v) is 7.91. The zero-order valence-electron chi connectivity index (χ0n) is 17.4. The minimum absolute atomic E-state index is 0.0726. The standard InChI is InChI=1S/C21H26N2O5S/c1-6-18-22-12(2)20(29-18)21(25)23-8-7-13-9-16(26-3)17(27-4)10-14(13)15(23)11-19(24)28-5/h9-10,15H,6-8,11H2,1-5H3. The van der Waals surface area contributed by atoms with Crippen LogP contribution in [0.25, 0.3) is 0 Å². The molecule has 1 aromatic carbocycles. The van der Waals surface area contributed by atoms with Crippen molar-refractivity contribution < 1.29 is 23.8 Å². The van der Waals surface area contributed by atoms with Crippen LogP contribution < -0.4 is 9.47 Å². The summed E-state index contributed by atoms with van der Waals surface area (Å²) in [7, 11) is 4.51. The first kappa shape index (κ1) is 21.1. The number of carbonyl (C=O) groups is 2. The summed E-state index contributed by atoms with van der Waals surface area (Å²) in [5.41, 5.74) is 2.65. The molecule has 0 saturated heterocycles. The Morgan fingerprint density at radius 1 is 1.21 bits per heavy atom. The van der Waals surface area contributed by atoms with Crippen LogP contribution in [0.2, 0.25) is 0 Å². The fraction of sp³-hybridized carbons (Fsp3) is 0.476. The molecule has 8 heteroatoms. The normalized spacial score (nSPS) is 15.6. The lowest BCUT2D eigenvalue weighted by atomic mass is 9.89. The molecule has 0 aliphatic carbocycles. The number of aryl methyl sites for hydroxylation is 2. The lowest BCUT2D eigenvalue weighted by Gasteiger charge is -2.37. The molecule has 29 heavy (non-hydrogen) atoms. The molecule has 1 atom stereocenters.